The van der Waals surface area contributed by atoms with Crippen molar-refractivity contribution in [3.8, 4) is 0 Å². The zero-order chi connectivity index (χ0) is 18.6. The number of nitrogens with zero attached hydrogens (tertiary/aromatic N) is 1. The summed E-state index contributed by atoms with van der Waals surface area (Å²) in [6.45, 7) is 0. The van der Waals surface area contributed by atoms with E-state index in [0.717, 1.165) is 37.1 Å². The second-order valence-corrected chi connectivity index (χ2v) is 9.53. The molecule has 2 aromatic rings. The molecule has 4 N–H and O–H groups in total. The molecule has 0 aliphatic carbocycles. The Morgan fingerprint density at radius 3 is 2.44 bits per heavy atom. The van der Waals surface area contributed by atoms with E-state index in [1.165, 1.54) is 11.4 Å². The van der Waals surface area contributed by atoms with Gasteiger partial charge in [-0.2, -0.15) is 8.42 Å². The minimum atomic E-state index is -4.23. The van der Waals surface area contributed by atoms with E-state index >= 15 is 0 Å². The number of H-pyrrole nitrogens is 2. The molecule has 5 heterocycles. The van der Waals surface area contributed by atoms with Crippen molar-refractivity contribution in [2.24, 2.45) is 4.99 Å². The predicted octanol–water partition coefficient (Wildman–Crippen LogP) is 2.14. The number of aliphatic imine (C=N–C) groups is 1. The molecule has 5 rings (SSSR count). The topological polar surface area (TPSA) is 110 Å². The Bertz CT molecular complexity index is 990. The van der Waals surface area contributed by atoms with Gasteiger partial charge >= 0.3 is 0 Å². The summed E-state index contributed by atoms with van der Waals surface area (Å²) in [6, 6.07) is 7.90. The maximum atomic E-state index is 12.2. The second kappa shape index (κ2) is 6.32. The zero-order valence-corrected chi connectivity index (χ0v) is 15.8. The van der Waals surface area contributed by atoms with Gasteiger partial charge in [0.2, 0.25) is 0 Å². The van der Waals surface area contributed by atoms with Crippen LogP contribution in [0, 0.1) is 0 Å². The first-order valence-electron chi connectivity index (χ1n) is 9.58. The average molecular weight is 388 g/mol. The highest BCUT2D eigenvalue weighted by atomic mass is 32.2. The Morgan fingerprint density at radius 1 is 0.926 bits per heavy atom. The van der Waals surface area contributed by atoms with Crippen molar-refractivity contribution >= 4 is 15.8 Å². The van der Waals surface area contributed by atoms with Gasteiger partial charge in [-0.05, 0) is 49.9 Å². The molecule has 1 saturated heterocycles. The normalized spacial score (nSPS) is 30.6. The number of hydrogen-bond acceptors (Lipinski definition) is 4. The smallest absolute Gasteiger partial charge is 0.275 e. The first-order chi connectivity index (χ1) is 13.0. The van der Waals surface area contributed by atoms with Gasteiger partial charge in [0.25, 0.3) is 10.1 Å². The van der Waals surface area contributed by atoms with E-state index in [0.29, 0.717) is 18.5 Å². The highest BCUT2D eigenvalue weighted by Crippen LogP contribution is 2.34. The summed E-state index contributed by atoms with van der Waals surface area (Å²) in [5, 5.41) is 2.49. The molecule has 8 heteroatoms. The summed E-state index contributed by atoms with van der Waals surface area (Å²) in [5.41, 5.74) is 4.92. The van der Waals surface area contributed by atoms with Gasteiger partial charge in [0.15, 0.2) is 0 Å². The van der Waals surface area contributed by atoms with Crippen LogP contribution in [0.25, 0.3) is 0 Å². The largest absolute Gasteiger partial charge is 0.362 e. The van der Waals surface area contributed by atoms with Crippen LogP contribution < -0.4 is 5.32 Å². The fraction of sp³-hybridized carbons (Fsp3) is 0.526. The van der Waals surface area contributed by atoms with Crippen LogP contribution in [0.5, 0.6) is 0 Å². The maximum absolute atomic E-state index is 12.2. The number of rotatable bonds is 1. The molecule has 2 aromatic heterocycles. The van der Waals surface area contributed by atoms with Gasteiger partial charge < -0.3 is 15.3 Å². The van der Waals surface area contributed by atoms with Crippen molar-refractivity contribution in [3.63, 3.8) is 0 Å². The van der Waals surface area contributed by atoms with Crippen molar-refractivity contribution in [3.05, 3.63) is 47.0 Å². The molecule has 4 unspecified atom stereocenters. The lowest BCUT2D eigenvalue weighted by Gasteiger charge is -2.23. The number of nitrogens with one attached hydrogen (secondary N) is 3. The van der Waals surface area contributed by atoms with Crippen LogP contribution in [0.15, 0.2) is 29.3 Å². The lowest BCUT2D eigenvalue weighted by atomic mass is 10.0. The van der Waals surface area contributed by atoms with Crippen LogP contribution >= 0.6 is 0 Å². The van der Waals surface area contributed by atoms with Gasteiger partial charge in [0.1, 0.15) is 5.25 Å². The molecule has 4 atom stereocenters. The van der Waals surface area contributed by atoms with Crippen LogP contribution in [-0.4, -0.2) is 46.8 Å². The molecular weight excluding hydrogens is 364 g/mol. The van der Waals surface area contributed by atoms with Crippen molar-refractivity contribution < 1.29 is 13.0 Å². The van der Waals surface area contributed by atoms with Gasteiger partial charge in [-0.3, -0.25) is 9.55 Å². The number of aromatic nitrogens is 2. The first kappa shape index (κ1) is 17.2. The summed E-state index contributed by atoms with van der Waals surface area (Å²) in [7, 11) is -4.23. The summed E-state index contributed by atoms with van der Waals surface area (Å²) in [4.78, 5) is 11.6. The molecule has 1 fully saturated rings. The molecular formula is C19H24N4O3S. The summed E-state index contributed by atoms with van der Waals surface area (Å²) in [6.07, 6.45) is 5.07. The van der Waals surface area contributed by atoms with Crippen LogP contribution in [0.4, 0.5) is 0 Å². The average Bonchev–Trinajstić information content (AvgIpc) is 3.35. The molecule has 7 nitrogen and oxygen atoms in total. The molecule has 144 valence electrons. The van der Waals surface area contributed by atoms with Gasteiger partial charge in [-0.1, -0.05) is 0 Å². The Labute approximate surface area is 158 Å². The minimum absolute atomic E-state index is 0.163. The third-order valence-corrected chi connectivity index (χ3v) is 7.33. The molecule has 0 amide bonds. The monoisotopic (exact) mass is 388 g/mol. The Morgan fingerprint density at radius 2 is 1.63 bits per heavy atom. The van der Waals surface area contributed by atoms with E-state index < -0.39 is 15.4 Å². The van der Waals surface area contributed by atoms with Crippen molar-refractivity contribution in [1.82, 2.24) is 15.3 Å². The van der Waals surface area contributed by atoms with Gasteiger partial charge in [-0.25, -0.2) is 0 Å². The van der Waals surface area contributed by atoms with Crippen LogP contribution in [0.1, 0.15) is 53.7 Å². The Hall–Kier alpha value is -1.90. The summed E-state index contributed by atoms with van der Waals surface area (Å²) in [5.74, 6) is 0. The third kappa shape index (κ3) is 3.26. The van der Waals surface area contributed by atoms with E-state index in [9.17, 15) is 13.0 Å². The lowest BCUT2D eigenvalue weighted by molar-refractivity contribution is 0.420. The van der Waals surface area contributed by atoms with E-state index in [1.54, 1.807) is 6.07 Å². The number of fused-ring (bicyclic) bond motifs is 8. The number of hydrogen-bond donors (Lipinski definition) is 4. The molecule has 0 spiro atoms. The van der Waals surface area contributed by atoms with E-state index in [-0.39, 0.29) is 18.1 Å². The first-order valence-corrected chi connectivity index (χ1v) is 11.1. The van der Waals surface area contributed by atoms with E-state index in [1.807, 2.05) is 6.07 Å². The van der Waals surface area contributed by atoms with E-state index in [4.69, 9.17) is 4.99 Å². The van der Waals surface area contributed by atoms with Crippen molar-refractivity contribution in [1.29, 1.82) is 0 Å². The highest BCUT2D eigenvalue weighted by Gasteiger charge is 2.42. The maximum Gasteiger partial charge on any atom is 0.275 e. The molecule has 0 aromatic carbocycles. The van der Waals surface area contributed by atoms with Crippen molar-refractivity contribution in [2.45, 2.75) is 61.9 Å². The molecule has 3 aliphatic heterocycles. The highest BCUT2D eigenvalue weighted by molar-refractivity contribution is 7.86. The molecule has 27 heavy (non-hydrogen) atoms. The second-order valence-electron chi connectivity index (χ2n) is 8.00. The van der Waals surface area contributed by atoms with Gasteiger partial charge in [0, 0.05) is 53.4 Å². The number of aromatic amines is 2. The zero-order valence-electron chi connectivity index (χ0n) is 15.0. The Kier molecular flexibility index (Phi) is 4.03. The standard InChI is InChI=1S/C19H24N4O3S/c24-27(25,26)19-17-6-4-14(22-17)10-12-2-1-11(20-12)9-13-3-5-15(21-13)16-7-8-18(19)23-16/h1-2,4,6,15-16,18-20,22-23H,3,5,7-10H2,(H,24,25,26). The molecule has 3 aliphatic rings. The lowest BCUT2D eigenvalue weighted by Crippen LogP contribution is -2.41. The summed E-state index contributed by atoms with van der Waals surface area (Å²) >= 11 is 0. The van der Waals surface area contributed by atoms with Crippen LogP contribution in [0.3, 0.4) is 0 Å². The predicted molar refractivity (Wildman–Crippen MR) is 103 cm³/mol. The van der Waals surface area contributed by atoms with Crippen LogP contribution in [0.2, 0.25) is 0 Å². The van der Waals surface area contributed by atoms with Gasteiger partial charge in [0.05, 0.1) is 6.04 Å². The molecule has 8 bridgehead atoms. The molecule has 0 saturated carbocycles. The minimum Gasteiger partial charge on any atom is -0.362 e. The summed E-state index contributed by atoms with van der Waals surface area (Å²) < 4.78 is 34.3. The van der Waals surface area contributed by atoms with Crippen molar-refractivity contribution in [2.75, 3.05) is 0 Å². The van der Waals surface area contributed by atoms with Gasteiger partial charge in [-0.15, -0.1) is 0 Å². The fourth-order valence-electron chi connectivity index (χ4n) is 4.88. The Balaban J connectivity index is 1.56. The quantitative estimate of drug-likeness (QED) is 0.561. The molecule has 0 radical (unpaired) electrons. The third-order valence-electron chi connectivity index (χ3n) is 6.10. The fourth-order valence-corrected chi connectivity index (χ4v) is 5.97. The SMILES string of the molecule is O=S(=O)(O)C1c2ccc([nH]2)Cc2ccc([nH]2)CC2=NC(CC2)C2CCC1N2. The van der Waals surface area contributed by atoms with Crippen LogP contribution in [-0.2, 0) is 23.0 Å². The van der Waals surface area contributed by atoms with E-state index in [2.05, 4.69) is 27.4 Å².